The Morgan fingerprint density at radius 3 is 2.28 bits per heavy atom. The smallest absolute Gasteiger partial charge is 0.192 e. The molecular formula is C30H44I2O3Si. The van der Waals surface area contributed by atoms with Crippen LogP contribution in [-0.2, 0) is 24.1 Å². The monoisotopic (exact) mass is 734 g/mol. The van der Waals surface area contributed by atoms with Crippen LogP contribution in [0.1, 0.15) is 71.1 Å². The summed E-state index contributed by atoms with van der Waals surface area (Å²) < 4.78 is 22.3. The summed E-state index contributed by atoms with van der Waals surface area (Å²) in [5.74, 6) is 2.33. The van der Waals surface area contributed by atoms with Gasteiger partial charge in [0.15, 0.2) is 8.32 Å². The van der Waals surface area contributed by atoms with E-state index < -0.39 is 8.32 Å². The minimum absolute atomic E-state index is 0.126. The Morgan fingerprint density at radius 2 is 1.69 bits per heavy atom. The van der Waals surface area contributed by atoms with Crippen molar-refractivity contribution in [2.45, 2.75) is 92.2 Å². The molecule has 0 aliphatic carbocycles. The maximum absolute atomic E-state index is 6.75. The molecule has 3 nitrogen and oxygen atoms in total. The molecule has 0 aliphatic rings. The second-order valence-corrected chi connectivity index (χ2v) is 18.6. The summed E-state index contributed by atoms with van der Waals surface area (Å²) in [5.41, 5.74) is 3.42. The molecule has 200 valence electrons. The maximum atomic E-state index is 6.75. The number of hydrogen-bond acceptors (Lipinski definition) is 3. The average molecular weight is 735 g/mol. The lowest BCUT2D eigenvalue weighted by Crippen LogP contribution is -2.40. The largest absolute Gasteiger partial charge is 0.488 e. The Bertz CT molecular complexity index is 995. The van der Waals surface area contributed by atoms with E-state index in [9.17, 15) is 0 Å². The predicted molar refractivity (Wildman–Crippen MR) is 173 cm³/mol. The van der Waals surface area contributed by atoms with Crippen molar-refractivity contribution in [2.75, 3.05) is 6.61 Å². The molecule has 0 aliphatic heterocycles. The first-order valence-corrected chi connectivity index (χ1v) is 18.0. The van der Waals surface area contributed by atoms with Gasteiger partial charge in [0.05, 0.1) is 15.7 Å². The molecule has 0 N–H and O–H groups in total. The maximum Gasteiger partial charge on any atom is 0.192 e. The third-order valence-corrected chi connectivity index (χ3v) is 12.9. The van der Waals surface area contributed by atoms with Gasteiger partial charge in [0.2, 0.25) is 0 Å². The standard InChI is InChI=1S/C30H44I2O3Si/c1-9-13-25(31)16-17-33-29-26(21-35-36(7,8)30(4,5)6)28(24(18-22(2)3)19-27(29)32)34-20-23-14-11-10-12-15-23/h10-12,14-16,19,22H,9,13,17-18,20-21H2,1-8H3/b25-16+. The van der Waals surface area contributed by atoms with Crippen molar-refractivity contribution < 1.29 is 13.9 Å². The van der Waals surface area contributed by atoms with Crippen LogP contribution in [-0.4, -0.2) is 14.9 Å². The average Bonchev–Trinajstić information content (AvgIpc) is 2.78. The van der Waals surface area contributed by atoms with E-state index in [0.29, 0.717) is 25.7 Å². The van der Waals surface area contributed by atoms with E-state index in [0.717, 1.165) is 45.5 Å². The van der Waals surface area contributed by atoms with Gasteiger partial charge in [0, 0.05) is 0 Å². The highest BCUT2D eigenvalue weighted by Gasteiger charge is 2.37. The second-order valence-electron chi connectivity index (χ2n) is 11.3. The zero-order valence-corrected chi connectivity index (χ0v) is 28.7. The number of halogens is 2. The summed E-state index contributed by atoms with van der Waals surface area (Å²) in [6.07, 6.45) is 5.35. The number of rotatable bonds is 13. The summed E-state index contributed by atoms with van der Waals surface area (Å²) in [7, 11) is -1.97. The molecule has 0 saturated carbocycles. The topological polar surface area (TPSA) is 27.7 Å². The molecule has 0 amide bonds. The van der Waals surface area contributed by atoms with Crippen LogP contribution in [0.4, 0.5) is 0 Å². The summed E-state index contributed by atoms with van der Waals surface area (Å²) in [6, 6.07) is 12.6. The van der Waals surface area contributed by atoms with Gasteiger partial charge in [-0.15, -0.1) is 0 Å². The molecule has 0 heterocycles. The predicted octanol–water partition coefficient (Wildman–Crippen LogP) is 10.1. The van der Waals surface area contributed by atoms with Crippen molar-refractivity contribution in [3.05, 3.63) is 66.3 Å². The lowest BCUT2D eigenvalue weighted by molar-refractivity contribution is 0.245. The van der Waals surface area contributed by atoms with E-state index in [1.807, 2.05) is 6.07 Å². The van der Waals surface area contributed by atoms with Crippen molar-refractivity contribution >= 4 is 53.5 Å². The second kappa shape index (κ2) is 14.5. The molecule has 0 radical (unpaired) electrons. The van der Waals surface area contributed by atoms with Gasteiger partial charge in [0.25, 0.3) is 0 Å². The molecule has 2 aromatic rings. The summed E-state index contributed by atoms with van der Waals surface area (Å²) in [5, 5.41) is 0.126. The Balaban J connectivity index is 2.53. The summed E-state index contributed by atoms with van der Waals surface area (Å²) in [4.78, 5) is 0. The van der Waals surface area contributed by atoms with Gasteiger partial charge in [-0.1, -0.05) is 78.3 Å². The number of ether oxygens (including phenoxy) is 2. The highest BCUT2D eigenvalue weighted by molar-refractivity contribution is 14.1. The molecule has 0 aromatic heterocycles. The Hall–Kier alpha value is -0.583. The van der Waals surface area contributed by atoms with Crippen molar-refractivity contribution in [1.82, 2.24) is 0 Å². The highest BCUT2D eigenvalue weighted by Crippen LogP contribution is 2.42. The van der Waals surface area contributed by atoms with Gasteiger partial charge in [0.1, 0.15) is 24.7 Å². The van der Waals surface area contributed by atoms with Crippen LogP contribution in [0.2, 0.25) is 18.1 Å². The van der Waals surface area contributed by atoms with E-state index in [2.05, 4.69) is 136 Å². The molecule has 0 spiro atoms. The molecule has 0 saturated heterocycles. The van der Waals surface area contributed by atoms with Gasteiger partial charge >= 0.3 is 0 Å². The molecule has 0 bridgehead atoms. The number of benzene rings is 2. The summed E-state index contributed by atoms with van der Waals surface area (Å²) >= 11 is 4.84. The zero-order valence-electron chi connectivity index (χ0n) is 23.3. The molecule has 0 atom stereocenters. The fourth-order valence-electron chi connectivity index (χ4n) is 3.54. The van der Waals surface area contributed by atoms with Crippen LogP contribution in [0.3, 0.4) is 0 Å². The van der Waals surface area contributed by atoms with Gasteiger partial charge in [-0.25, -0.2) is 0 Å². The first-order valence-electron chi connectivity index (χ1n) is 13.0. The van der Waals surface area contributed by atoms with Crippen LogP contribution < -0.4 is 9.47 Å². The lowest BCUT2D eigenvalue weighted by Gasteiger charge is -2.36. The Kier molecular flexibility index (Phi) is 12.8. The highest BCUT2D eigenvalue weighted by atomic mass is 127. The van der Waals surface area contributed by atoms with Gasteiger partial charge in [-0.2, -0.15) is 0 Å². The van der Waals surface area contributed by atoms with Crippen molar-refractivity contribution in [2.24, 2.45) is 5.92 Å². The molecular weight excluding hydrogens is 690 g/mol. The summed E-state index contributed by atoms with van der Waals surface area (Å²) in [6.45, 7) is 19.7. The van der Waals surface area contributed by atoms with E-state index in [4.69, 9.17) is 13.9 Å². The van der Waals surface area contributed by atoms with Gasteiger partial charge < -0.3 is 13.9 Å². The number of hydrogen-bond donors (Lipinski definition) is 0. The number of allylic oxidation sites excluding steroid dienone is 1. The van der Waals surface area contributed by atoms with Crippen molar-refractivity contribution in [3.8, 4) is 11.5 Å². The van der Waals surface area contributed by atoms with Crippen LogP contribution in [0.15, 0.2) is 46.1 Å². The molecule has 2 rings (SSSR count). The zero-order chi connectivity index (χ0) is 26.9. The molecule has 6 heteroatoms. The molecule has 2 aromatic carbocycles. The van der Waals surface area contributed by atoms with Crippen molar-refractivity contribution in [1.29, 1.82) is 0 Å². The SMILES string of the molecule is CCC/C(I)=C\COc1c(I)cc(CC(C)C)c(OCc2ccccc2)c1CO[Si](C)(C)C(C)(C)C. The van der Waals surface area contributed by atoms with Crippen LogP contribution in [0.25, 0.3) is 0 Å². The first kappa shape index (κ1) is 31.6. The quantitative estimate of drug-likeness (QED) is 0.152. The lowest BCUT2D eigenvalue weighted by atomic mass is 9.99. The molecule has 0 fully saturated rings. The van der Waals surface area contributed by atoms with Crippen LogP contribution in [0.5, 0.6) is 11.5 Å². The molecule has 0 unspecified atom stereocenters. The van der Waals surface area contributed by atoms with Crippen LogP contribution in [0, 0.1) is 9.49 Å². The van der Waals surface area contributed by atoms with E-state index >= 15 is 0 Å². The fourth-order valence-corrected chi connectivity index (χ4v) is 6.05. The third kappa shape index (κ3) is 9.62. The van der Waals surface area contributed by atoms with Gasteiger partial charge in [-0.3, -0.25) is 0 Å². The first-order chi connectivity index (χ1) is 16.9. The molecule has 36 heavy (non-hydrogen) atoms. The fraction of sp³-hybridized carbons (Fsp3) is 0.533. The minimum atomic E-state index is -1.97. The van der Waals surface area contributed by atoms with Crippen LogP contribution >= 0.6 is 45.2 Å². The Morgan fingerprint density at radius 1 is 1.03 bits per heavy atom. The normalized spacial score (nSPS) is 12.8. The van der Waals surface area contributed by atoms with Gasteiger partial charge in [-0.05, 0) is 109 Å². The van der Waals surface area contributed by atoms with E-state index in [-0.39, 0.29) is 5.04 Å². The third-order valence-electron chi connectivity index (χ3n) is 6.62. The minimum Gasteiger partial charge on any atom is -0.488 e. The van der Waals surface area contributed by atoms with Crippen molar-refractivity contribution in [3.63, 3.8) is 0 Å². The van der Waals surface area contributed by atoms with E-state index in [1.165, 1.54) is 9.14 Å². The Labute approximate surface area is 248 Å². The van der Waals surface area contributed by atoms with E-state index in [1.54, 1.807) is 0 Å².